The standard InChI is InChI=1S/C29H31ClN6O2S2/c1-35(2)12-11-31-27(37)18-40-13-10-24-28(32-19-36(29(24)40)15-21-6-4-3-5-7-21)34-22-8-9-26(25(30)14-22)38-16-23-17-39-20-33-23/h3-9,13-14,17,19-20H,10-12,15-16,18H2,1-2H3,(H,31,37). The van der Waals surface area contributed by atoms with Crippen LogP contribution in [-0.2, 0) is 24.4 Å². The van der Waals surface area contributed by atoms with Gasteiger partial charge in [0.15, 0.2) is 5.49 Å². The average molecular weight is 595 g/mol. The summed E-state index contributed by atoms with van der Waals surface area (Å²) in [6.45, 7) is 2.46. The molecule has 0 saturated heterocycles. The number of fused-ring (bicyclic) bond motifs is 1. The van der Waals surface area contributed by atoms with Gasteiger partial charge in [-0.1, -0.05) is 47.3 Å². The van der Waals surface area contributed by atoms with E-state index in [-0.39, 0.29) is 16.4 Å². The molecule has 40 heavy (non-hydrogen) atoms. The Morgan fingerprint density at radius 2 is 2.08 bits per heavy atom. The van der Waals surface area contributed by atoms with E-state index in [0.29, 0.717) is 53.8 Å². The molecule has 1 amide bonds. The number of benzene rings is 2. The second-order valence-corrected chi connectivity index (χ2v) is 12.5. The lowest BCUT2D eigenvalue weighted by molar-refractivity contribution is -0.118. The van der Waals surface area contributed by atoms with Crippen LogP contribution < -0.4 is 15.5 Å². The lowest BCUT2D eigenvalue weighted by Crippen LogP contribution is -2.32. The van der Waals surface area contributed by atoms with Gasteiger partial charge >= 0.3 is 0 Å². The number of hydrogen-bond donors (Lipinski definition) is 1. The molecule has 4 aromatic rings. The normalized spacial score (nSPS) is 14.7. The van der Waals surface area contributed by atoms with Crippen molar-refractivity contribution in [3.63, 3.8) is 0 Å². The summed E-state index contributed by atoms with van der Waals surface area (Å²) in [6, 6.07) is 15.8. The maximum absolute atomic E-state index is 12.8. The van der Waals surface area contributed by atoms with Crippen LogP contribution >= 0.6 is 33.4 Å². The Hall–Kier alpha value is -3.31. The Morgan fingerprint density at radius 1 is 1.23 bits per heavy atom. The molecule has 0 fully saturated rings. The van der Waals surface area contributed by atoms with Crippen LogP contribution in [0.15, 0.2) is 75.8 Å². The zero-order chi connectivity index (χ0) is 27.9. The molecule has 1 unspecified atom stereocenters. The Morgan fingerprint density at radius 3 is 2.83 bits per heavy atom. The zero-order valence-electron chi connectivity index (χ0n) is 22.4. The summed E-state index contributed by atoms with van der Waals surface area (Å²) in [4.78, 5) is 28.7. The molecule has 2 aromatic carbocycles. The summed E-state index contributed by atoms with van der Waals surface area (Å²) in [5, 5.41) is 8.81. The van der Waals surface area contributed by atoms with Crippen molar-refractivity contribution in [2.75, 3.05) is 32.9 Å². The molecule has 0 aliphatic carbocycles. The Bertz CT molecular complexity index is 1570. The fraction of sp³-hybridized carbons (Fsp3) is 0.276. The lowest BCUT2D eigenvalue weighted by atomic mass is 10.2. The molecule has 1 N–H and O–H groups in total. The van der Waals surface area contributed by atoms with Crippen LogP contribution in [-0.4, -0.2) is 63.6 Å². The second-order valence-electron chi connectivity index (χ2n) is 9.56. The topological polar surface area (TPSA) is 84.6 Å². The minimum atomic E-state index is -0.364. The number of halogens is 1. The van der Waals surface area contributed by atoms with Gasteiger partial charge < -0.3 is 19.5 Å². The molecule has 3 heterocycles. The number of nitrogens with one attached hydrogen (secondary N) is 1. The summed E-state index contributed by atoms with van der Waals surface area (Å²) in [5.74, 6) is 1.04. The van der Waals surface area contributed by atoms with E-state index in [1.165, 1.54) is 16.9 Å². The van der Waals surface area contributed by atoms with Gasteiger partial charge in [-0.3, -0.25) is 4.79 Å². The first kappa shape index (κ1) is 28.2. The van der Waals surface area contributed by atoms with Crippen molar-refractivity contribution in [2.45, 2.75) is 24.6 Å². The predicted molar refractivity (Wildman–Crippen MR) is 163 cm³/mol. The minimum Gasteiger partial charge on any atom is -0.486 e. The van der Waals surface area contributed by atoms with E-state index in [2.05, 4.69) is 37.3 Å². The third-order valence-electron chi connectivity index (χ3n) is 6.22. The first-order chi connectivity index (χ1) is 19.5. The van der Waals surface area contributed by atoms with E-state index in [9.17, 15) is 4.79 Å². The monoisotopic (exact) mass is 594 g/mol. The molecule has 8 nitrogen and oxygen atoms in total. The summed E-state index contributed by atoms with van der Waals surface area (Å²) in [7, 11) is 3.63. The maximum atomic E-state index is 12.8. The van der Waals surface area contributed by atoms with Gasteiger partial charge in [0.2, 0.25) is 5.91 Å². The molecule has 0 radical (unpaired) electrons. The fourth-order valence-corrected chi connectivity index (χ4v) is 7.10. The van der Waals surface area contributed by atoms with Crippen molar-refractivity contribution < 1.29 is 9.53 Å². The number of nitrogens with zero attached hydrogens (tertiary/aromatic N) is 5. The fourth-order valence-electron chi connectivity index (χ4n) is 4.26. The van der Waals surface area contributed by atoms with Crippen LogP contribution in [0.3, 0.4) is 0 Å². The van der Waals surface area contributed by atoms with E-state index >= 15 is 0 Å². The van der Waals surface area contributed by atoms with E-state index < -0.39 is 0 Å². The van der Waals surface area contributed by atoms with Crippen LogP contribution in [0.25, 0.3) is 0 Å². The number of ether oxygens (including phenoxy) is 1. The van der Waals surface area contributed by atoms with Gasteiger partial charge in [-0.25, -0.2) is 15.0 Å². The smallest absolute Gasteiger partial charge is 0.229 e. The molecule has 0 saturated carbocycles. The Labute approximate surface area is 245 Å². The summed E-state index contributed by atoms with van der Waals surface area (Å²) in [6.07, 6.45) is 2.54. The van der Waals surface area contributed by atoms with Crippen LogP contribution in [0.1, 0.15) is 16.8 Å². The van der Waals surface area contributed by atoms with Gasteiger partial charge in [-0.05, 0) is 37.9 Å². The summed E-state index contributed by atoms with van der Waals surface area (Å²) >= 11 is 8.06. The van der Waals surface area contributed by atoms with Gasteiger partial charge in [0.25, 0.3) is 0 Å². The van der Waals surface area contributed by atoms with Gasteiger partial charge in [0.1, 0.15) is 12.4 Å². The van der Waals surface area contributed by atoms with Crippen LogP contribution in [0.5, 0.6) is 5.75 Å². The maximum Gasteiger partial charge on any atom is 0.229 e. The van der Waals surface area contributed by atoms with E-state index in [1.807, 2.05) is 56.1 Å². The van der Waals surface area contributed by atoms with E-state index in [4.69, 9.17) is 26.3 Å². The molecule has 0 spiro atoms. The first-order valence-electron chi connectivity index (χ1n) is 12.9. The highest BCUT2D eigenvalue weighted by molar-refractivity contribution is 8.15. The highest BCUT2D eigenvalue weighted by Gasteiger charge is 2.22. The Kier molecular flexibility index (Phi) is 9.43. The van der Waals surface area contributed by atoms with Gasteiger partial charge in [-0.2, -0.15) is 0 Å². The van der Waals surface area contributed by atoms with Crippen molar-refractivity contribution in [3.05, 3.63) is 93.1 Å². The number of rotatable bonds is 11. The molecule has 0 bridgehead atoms. The predicted octanol–water partition coefficient (Wildman–Crippen LogP) is 4.52. The van der Waals surface area contributed by atoms with Crippen molar-refractivity contribution in [2.24, 2.45) is 4.99 Å². The highest BCUT2D eigenvalue weighted by Crippen LogP contribution is 2.34. The zero-order valence-corrected chi connectivity index (χ0v) is 24.8. The van der Waals surface area contributed by atoms with Gasteiger partial charge in [0.05, 0.1) is 39.0 Å². The molecule has 1 aliphatic rings. The van der Waals surface area contributed by atoms with Crippen molar-refractivity contribution in [1.82, 2.24) is 24.8 Å². The van der Waals surface area contributed by atoms with Crippen LogP contribution in [0, 0.1) is 0 Å². The van der Waals surface area contributed by atoms with Gasteiger partial charge in [0, 0.05) is 37.0 Å². The molecular weight excluding hydrogens is 564 g/mol. The molecular formula is C29H31ClN6O2S2. The summed E-state index contributed by atoms with van der Waals surface area (Å²) in [5.41, 5.74) is 6.19. The number of hydrogen-bond acceptors (Lipinski definition) is 7. The molecule has 208 valence electrons. The average Bonchev–Trinajstić information content (AvgIpc) is 3.61. The molecule has 1 atom stereocenters. The largest absolute Gasteiger partial charge is 0.486 e. The van der Waals surface area contributed by atoms with Crippen LogP contribution in [0.2, 0.25) is 5.02 Å². The number of amides is 1. The Balaban J connectivity index is 1.42. The van der Waals surface area contributed by atoms with Crippen molar-refractivity contribution in [1.29, 1.82) is 0 Å². The molecule has 2 aromatic heterocycles. The van der Waals surface area contributed by atoms with Crippen molar-refractivity contribution in [3.8, 4) is 5.75 Å². The second kappa shape index (κ2) is 13.4. The van der Waals surface area contributed by atoms with Crippen molar-refractivity contribution >= 4 is 50.4 Å². The molecule has 5 rings (SSSR count). The number of thiazole rings is 1. The lowest BCUT2D eigenvalue weighted by Gasteiger charge is -2.17. The van der Waals surface area contributed by atoms with Gasteiger partial charge in [-0.15, -0.1) is 21.8 Å². The molecule has 1 aliphatic heterocycles. The van der Waals surface area contributed by atoms with Crippen LogP contribution in [0.4, 0.5) is 5.69 Å². The minimum absolute atomic E-state index is 0.0517. The SMILES string of the molecule is CN(C)CCNC(=O)CS1=CCc2c1n(Cc1ccccc1)cnc2=Nc1ccc(OCc2cscn2)c(Cl)c1. The first-order valence-corrected chi connectivity index (χ1v) is 15.6. The third-order valence-corrected chi connectivity index (χ3v) is 9.27. The molecule has 11 heteroatoms. The summed E-state index contributed by atoms with van der Waals surface area (Å²) < 4.78 is 7.99. The highest BCUT2D eigenvalue weighted by atomic mass is 35.5. The van der Waals surface area contributed by atoms with E-state index in [1.54, 1.807) is 11.6 Å². The number of likely N-dealkylation sites (N-methyl/N-ethyl adjacent to an activating group) is 1. The number of aromatic nitrogens is 3. The quantitative estimate of drug-likeness (QED) is 0.204. The third kappa shape index (κ3) is 7.25. The van der Waals surface area contributed by atoms with E-state index in [0.717, 1.165) is 22.8 Å². The number of carbonyl (C=O) groups excluding carboxylic acids is 1. The number of carbonyl (C=O) groups is 1.